The third-order valence-electron chi connectivity index (χ3n) is 1.39. The predicted molar refractivity (Wildman–Crippen MR) is 47.4 cm³/mol. The van der Waals surface area contributed by atoms with E-state index in [0.717, 1.165) is 5.57 Å². The Labute approximate surface area is 76.2 Å². The van der Waals surface area contributed by atoms with Gasteiger partial charge in [-0.1, -0.05) is 5.57 Å². The lowest BCUT2D eigenvalue weighted by Gasteiger charge is -2.00. The van der Waals surface area contributed by atoms with Crippen LogP contribution in [0, 0.1) is 0 Å². The van der Waals surface area contributed by atoms with Crippen LogP contribution in [-0.4, -0.2) is 22.2 Å². The van der Waals surface area contributed by atoms with Crippen LogP contribution in [-0.2, 0) is 9.59 Å². The normalized spacial score (nSPS) is 11.0. The molecule has 72 valence electrons. The molecule has 0 unspecified atom stereocenters. The number of rotatable bonds is 5. The van der Waals surface area contributed by atoms with Crippen molar-refractivity contribution in [3.05, 3.63) is 23.8 Å². The Bertz CT molecular complexity index is 263. The Morgan fingerprint density at radius 1 is 1.31 bits per heavy atom. The van der Waals surface area contributed by atoms with Crippen molar-refractivity contribution in [3.8, 4) is 0 Å². The number of carboxylic acid groups (broad SMARTS) is 2. The fraction of sp³-hybridized carbons (Fsp3) is 0.333. The maximum absolute atomic E-state index is 10.5. The zero-order valence-corrected chi connectivity index (χ0v) is 7.41. The monoisotopic (exact) mass is 184 g/mol. The van der Waals surface area contributed by atoms with Gasteiger partial charge in [0.25, 0.3) is 0 Å². The molecule has 0 radical (unpaired) electrons. The van der Waals surface area contributed by atoms with Crippen molar-refractivity contribution in [2.24, 2.45) is 0 Å². The standard InChI is InChI=1S/C9H12O4/c1-6(2)3-4-7(9(12)13)5-8(10)11/h5H,1,3-4H2,2H3,(H,10,11)(H,12,13)/b7-5-. The van der Waals surface area contributed by atoms with E-state index in [1.807, 2.05) is 0 Å². The van der Waals surface area contributed by atoms with E-state index in [4.69, 9.17) is 10.2 Å². The average molecular weight is 184 g/mol. The van der Waals surface area contributed by atoms with Crippen LogP contribution in [0.3, 0.4) is 0 Å². The van der Waals surface area contributed by atoms with E-state index in [2.05, 4.69) is 6.58 Å². The third-order valence-corrected chi connectivity index (χ3v) is 1.39. The Balaban J connectivity index is 4.36. The van der Waals surface area contributed by atoms with Crippen molar-refractivity contribution in [1.29, 1.82) is 0 Å². The largest absolute Gasteiger partial charge is 0.478 e. The maximum atomic E-state index is 10.5. The first-order chi connectivity index (χ1) is 5.93. The molecule has 0 aliphatic heterocycles. The Morgan fingerprint density at radius 3 is 2.15 bits per heavy atom. The Kier molecular flexibility index (Phi) is 4.51. The van der Waals surface area contributed by atoms with Gasteiger partial charge in [-0.2, -0.15) is 0 Å². The first-order valence-electron chi connectivity index (χ1n) is 3.74. The molecule has 0 saturated carbocycles. The molecule has 0 saturated heterocycles. The summed E-state index contributed by atoms with van der Waals surface area (Å²) in [5.41, 5.74) is 0.730. The van der Waals surface area contributed by atoms with Crippen LogP contribution >= 0.6 is 0 Å². The van der Waals surface area contributed by atoms with Crippen molar-refractivity contribution in [3.63, 3.8) is 0 Å². The predicted octanol–water partition coefficient (Wildman–Crippen LogP) is 1.44. The molecular weight excluding hydrogens is 172 g/mol. The van der Waals surface area contributed by atoms with Gasteiger partial charge in [0.15, 0.2) is 0 Å². The van der Waals surface area contributed by atoms with Crippen LogP contribution in [0.2, 0.25) is 0 Å². The Hall–Kier alpha value is -1.58. The molecule has 4 heteroatoms. The summed E-state index contributed by atoms with van der Waals surface area (Å²) in [5.74, 6) is -2.43. The highest BCUT2D eigenvalue weighted by Gasteiger charge is 2.08. The molecule has 0 aliphatic rings. The van der Waals surface area contributed by atoms with E-state index in [9.17, 15) is 9.59 Å². The first-order valence-corrected chi connectivity index (χ1v) is 3.74. The van der Waals surface area contributed by atoms with E-state index in [0.29, 0.717) is 12.5 Å². The molecule has 0 aromatic heterocycles. The number of aliphatic carboxylic acids is 2. The average Bonchev–Trinajstić information content (AvgIpc) is 1.96. The fourth-order valence-corrected chi connectivity index (χ4v) is 0.738. The van der Waals surface area contributed by atoms with Crippen molar-refractivity contribution in [2.75, 3.05) is 0 Å². The minimum absolute atomic E-state index is 0.101. The summed E-state index contributed by atoms with van der Waals surface area (Å²) in [5, 5.41) is 16.9. The summed E-state index contributed by atoms with van der Waals surface area (Å²) in [6.45, 7) is 5.36. The van der Waals surface area contributed by atoms with E-state index >= 15 is 0 Å². The van der Waals surface area contributed by atoms with E-state index in [-0.39, 0.29) is 12.0 Å². The number of carboxylic acids is 2. The molecule has 0 atom stereocenters. The second kappa shape index (κ2) is 5.13. The summed E-state index contributed by atoms with van der Waals surface area (Å²) >= 11 is 0. The highest BCUT2D eigenvalue weighted by atomic mass is 16.4. The number of carbonyl (C=O) groups is 2. The summed E-state index contributed by atoms with van der Waals surface area (Å²) < 4.78 is 0. The van der Waals surface area contributed by atoms with Gasteiger partial charge >= 0.3 is 11.9 Å². The van der Waals surface area contributed by atoms with Gasteiger partial charge in [0.05, 0.1) is 0 Å². The van der Waals surface area contributed by atoms with Crippen LogP contribution in [0.25, 0.3) is 0 Å². The molecule has 13 heavy (non-hydrogen) atoms. The molecule has 0 rings (SSSR count). The topological polar surface area (TPSA) is 74.6 Å². The van der Waals surface area contributed by atoms with Crippen molar-refractivity contribution >= 4 is 11.9 Å². The molecule has 0 amide bonds. The highest BCUT2D eigenvalue weighted by Crippen LogP contribution is 2.09. The molecular formula is C9H12O4. The van der Waals surface area contributed by atoms with Crippen LogP contribution in [0.4, 0.5) is 0 Å². The smallest absolute Gasteiger partial charge is 0.331 e. The van der Waals surface area contributed by atoms with Gasteiger partial charge in [-0.25, -0.2) is 9.59 Å². The lowest BCUT2D eigenvalue weighted by Crippen LogP contribution is -2.04. The van der Waals surface area contributed by atoms with Crippen molar-refractivity contribution in [2.45, 2.75) is 19.8 Å². The van der Waals surface area contributed by atoms with Crippen molar-refractivity contribution in [1.82, 2.24) is 0 Å². The second-order valence-corrected chi connectivity index (χ2v) is 2.77. The molecule has 0 bridgehead atoms. The van der Waals surface area contributed by atoms with Crippen LogP contribution in [0.5, 0.6) is 0 Å². The zero-order chi connectivity index (χ0) is 10.4. The molecule has 2 N–H and O–H groups in total. The molecule has 0 spiro atoms. The number of hydrogen-bond acceptors (Lipinski definition) is 2. The van der Waals surface area contributed by atoms with Gasteiger partial charge < -0.3 is 10.2 Å². The molecule has 0 fully saturated rings. The summed E-state index contributed by atoms with van der Waals surface area (Å²) in [7, 11) is 0. The van der Waals surface area contributed by atoms with Gasteiger partial charge in [0.1, 0.15) is 0 Å². The first kappa shape index (κ1) is 11.4. The maximum Gasteiger partial charge on any atom is 0.331 e. The second-order valence-electron chi connectivity index (χ2n) is 2.77. The third kappa shape index (κ3) is 5.66. The van der Waals surface area contributed by atoms with Gasteiger partial charge in [-0.05, 0) is 19.8 Å². The minimum atomic E-state index is -1.24. The minimum Gasteiger partial charge on any atom is -0.478 e. The zero-order valence-electron chi connectivity index (χ0n) is 7.41. The lowest BCUT2D eigenvalue weighted by molar-refractivity contribution is -0.135. The van der Waals surface area contributed by atoms with E-state index in [1.54, 1.807) is 6.92 Å². The number of hydrogen-bond donors (Lipinski definition) is 2. The quantitative estimate of drug-likeness (QED) is 0.500. The van der Waals surface area contributed by atoms with Crippen LogP contribution in [0.1, 0.15) is 19.8 Å². The van der Waals surface area contributed by atoms with E-state index < -0.39 is 11.9 Å². The molecule has 0 aliphatic carbocycles. The Morgan fingerprint density at radius 2 is 1.85 bits per heavy atom. The molecule has 0 aromatic carbocycles. The summed E-state index contributed by atoms with van der Waals surface area (Å²) in [6, 6.07) is 0. The SMILES string of the molecule is C=C(C)CC/C(=C/C(=O)O)C(=O)O. The summed E-state index contributed by atoms with van der Waals surface area (Å²) in [6.07, 6.45) is 1.41. The van der Waals surface area contributed by atoms with E-state index in [1.165, 1.54) is 0 Å². The van der Waals surface area contributed by atoms with Gasteiger partial charge in [-0.3, -0.25) is 0 Å². The highest BCUT2D eigenvalue weighted by molar-refractivity contribution is 5.94. The van der Waals surface area contributed by atoms with Gasteiger partial charge in [0.2, 0.25) is 0 Å². The fourth-order valence-electron chi connectivity index (χ4n) is 0.738. The lowest BCUT2D eigenvalue weighted by atomic mass is 10.1. The number of allylic oxidation sites excluding steroid dienone is 1. The van der Waals surface area contributed by atoms with Crippen LogP contribution in [0.15, 0.2) is 23.8 Å². The van der Waals surface area contributed by atoms with Gasteiger partial charge in [-0.15, -0.1) is 6.58 Å². The van der Waals surface area contributed by atoms with Crippen LogP contribution < -0.4 is 0 Å². The summed E-state index contributed by atoms with van der Waals surface area (Å²) in [4.78, 5) is 20.7. The molecule has 4 nitrogen and oxygen atoms in total. The molecule has 0 heterocycles. The van der Waals surface area contributed by atoms with Gasteiger partial charge in [0, 0.05) is 11.6 Å². The van der Waals surface area contributed by atoms with Crippen molar-refractivity contribution < 1.29 is 19.8 Å². The molecule has 0 aromatic rings.